The Morgan fingerprint density at radius 2 is 1.86 bits per heavy atom. The number of carbonyl (C=O) groups excluding carboxylic acids is 1. The van der Waals surface area contributed by atoms with Gasteiger partial charge in [0.25, 0.3) is 0 Å². The Kier molecular flexibility index (Phi) is 4.16. The number of rotatable bonds is 2. The van der Waals surface area contributed by atoms with Crippen molar-refractivity contribution in [3.63, 3.8) is 0 Å². The number of amides is 1. The summed E-state index contributed by atoms with van der Waals surface area (Å²) in [4.78, 5) is 14.7. The van der Waals surface area contributed by atoms with Crippen molar-refractivity contribution in [3.05, 3.63) is 34.9 Å². The summed E-state index contributed by atoms with van der Waals surface area (Å²) < 4.78 is 0. The molecule has 1 N–H and O–H groups in total. The molecule has 116 valence electrons. The highest BCUT2D eigenvalue weighted by Gasteiger charge is 2.43. The third-order valence-electron chi connectivity index (χ3n) is 4.71. The lowest BCUT2D eigenvalue weighted by atomic mass is 9.86. The molecule has 1 saturated heterocycles. The van der Waals surface area contributed by atoms with Crippen LogP contribution < -0.4 is 5.32 Å². The van der Waals surface area contributed by atoms with Gasteiger partial charge in [-0.1, -0.05) is 44.5 Å². The highest BCUT2D eigenvalue weighted by molar-refractivity contribution is 5.84. The molecule has 2 rings (SSSR count). The van der Waals surface area contributed by atoms with E-state index in [0.29, 0.717) is 0 Å². The fourth-order valence-electron chi connectivity index (χ4n) is 2.87. The average Bonchev–Trinajstić information content (AvgIpc) is 2.67. The third kappa shape index (κ3) is 2.98. The number of benzene rings is 1. The first-order valence-corrected chi connectivity index (χ1v) is 7.78. The lowest BCUT2D eigenvalue weighted by molar-refractivity contribution is -0.134. The van der Waals surface area contributed by atoms with E-state index in [1.165, 1.54) is 16.7 Å². The van der Waals surface area contributed by atoms with E-state index < -0.39 is 0 Å². The predicted octanol–water partition coefficient (Wildman–Crippen LogP) is 3.56. The first-order chi connectivity index (χ1) is 9.62. The molecule has 3 heteroatoms. The number of hydrogen-bond donors (Lipinski definition) is 1. The minimum atomic E-state index is -0.125. The summed E-state index contributed by atoms with van der Waals surface area (Å²) in [5.74, 6) is 0.198. The van der Waals surface area contributed by atoms with Crippen molar-refractivity contribution in [3.8, 4) is 0 Å². The summed E-state index contributed by atoms with van der Waals surface area (Å²) in [6.45, 7) is 14.9. The van der Waals surface area contributed by atoms with Crippen molar-refractivity contribution < 1.29 is 4.79 Å². The van der Waals surface area contributed by atoms with Gasteiger partial charge in [-0.25, -0.2) is 0 Å². The first-order valence-electron chi connectivity index (χ1n) is 7.78. The maximum Gasteiger partial charge on any atom is 0.241 e. The highest BCUT2D eigenvalue weighted by atomic mass is 16.2. The highest BCUT2D eigenvalue weighted by Crippen LogP contribution is 2.35. The molecule has 1 amide bonds. The smallest absolute Gasteiger partial charge is 0.241 e. The number of hydrogen-bond acceptors (Lipinski definition) is 2. The third-order valence-corrected chi connectivity index (χ3v) is 4.71. The number of nitrogens with one attached hydrogen (secondary N) is 1. The van der Waals surface area contributed by atoms with Gasteiger partial charge < -0.3 is 4.90 Å². The molecule has 0 aromatic heterocycles. The molecule has 3 atom stereocenters. The fourth-order valence-corrected chi connectivity index (χ4v) is 2.87. The Labute approximate surface area is 128 Å². The quantitative estimate of drug-likeness (QED) is 0.902. The Morgan fingerprint density at radius 3 is 2.43 bits per heavy atom. The molecule has 1 fully saturated rings. The van der Waals surface area contributed by atoms with Crippen LogP contribution in [0, 0.1) is 19.3 Å². The molecule has 1 aliphatic rings. The van der Waals surface area contributed by atoms with Crippen LogP contribution in [0.25, 0.3) is 0 Å². The van der Waals surface area contributed by atoms with Crippen LogP contribution in [0.5, 0.6) is 0 Å². The Hall–Kier alpha value is -1.35. The van der Waals surface area contributed by atoms with Crippen LogP contribution in [-0.2, 0) is 4.79 Å². The van der Waals surface area contributed by atoms with Crippen LogP contribution in [0.3, 0.4) is 0 Å². The topological polar surface area (TPSA) is 32.3 Å². The first kappa shape index (κ1) is 16.0. The Balaban J connectivity index is 2.45. The molecule has 3 unspecified atom stereocenters. The van der Waals surface area contributed by atoms with E-state index in [2.05, 4.69) is 65.1 Å². The molecule has 0 spiro atoms. The molecule has 1 aliphatic heterocycles. The summed E-state index contributed by atoms with van der Waals surface area (Å²) in [5, 5.41) is 3.47. The standard InChI is InChI=1S/C18H28N2O/c1-11-8-9-12(2)15(10-11)16-19-13(3)17(21)20(16)14(4)18(5,6)7/h8-10,13-14,16,19H,1-7H3. The summed E-state index contributed by atoms with van der Waals surface area (Å²) in [6.07, 6.45) is -0.0263. The molecule has 0 saturated carbocycles. The van der Waals surface area contributed by atoms with Gasteiger partial charge in [0, 0.05) is 6.04 Å². The number of nitrogens with zero attached hydrogens (tertiary/aromatic N) is 1. The van der Waals surface area contributed by atoms with Crippen LogP contribution in [0.4, 0.5) is 0 Å². The normalized spacial score (nSPS) is 24.5. The van der Waals surface area contributed by atoms with Gasteiger partial charge in [-0.15, -0.1) is 0 Å². The fraction of sp³-hybridized carbons (Fsp3) is 0.611. The summed E-state index contributed by atoms with van der Waals surface area (Å²) in [7, 11) is 0. The SMILES string of the molecule is Cc1ccc(C)c(C2NC(C)C(=O)N2C(C)C(C)(C)C)c1. The number of carbonyl (C=O) groups is 1. The lowest BCUT2D eigenvalue weighted by Crippen LogP contribution is -2.45. The van der Waals surface area contributed by atoms with E-state index in [9.17, 15) is 4.79 Å². The monoisotopic (exact) mass is 288 g/mol. The minimum absolute atomic E-state index is 0.0263. The molecule has 1 heterocycles. The van der Waals surface area contributed by atoms with Crippen molar-refractivity contribution in [1.82, 2.24) is 10.2 Å². The van der Waals surface area contributed by atoms with Gasteiger partial charge in [-0.05, 0) is 44.2 Å². The van der Waals surface area contributed by atoms with Gasteiger partial charge in [0.1, 0.15) is 6.17 Å². The summed E-state index contributed by atoms with van der Waals surface area (Å²) in [6, 6.07) is 6.50. The number of aryl methyl sites for hydroxylation is 2. The largest absolute Gasteiger partial charge is 0.318 e. The molecular formula is C18H28N2O. The summed E-state index contributed by atoms with van der Waals surface area (Å²) >= 11 is 0. The zero-order valence-electron chi connectivity index (χ0n) is 14.3. The van der Waals surface area contributed by atoms with Crippen LogP contribution >= 0.6 is 0 Å². The van der Waals surface area contributed by atoms with E-state index in [1.54, 1.807) is 0 Å². The molecular weight excluding hydrogens is 260 g/mol. The van der Waals surface area contributed by atoms with Gasteiger partial charge >= 0.3 is 0 Å². The van der Waals surface area contributed by atoms with Crippen molar-refractivity contribution >= 4 is 5.91 Å². The molecule has 1 aromatic rings. The molecule has 3 nitrogen and oxygen atoms in total. The van der Waals surface area contributed by atoms with Crippen molar-refractivity contribution in [2.24, 2.45) is 5.41 Å². The molecule has 0 radical (unpaired) electrons. The van der Waals surface area contributed by atoms with Crippen LogP contribution in [0.15, 0.2) is 18.2 Å². The second kappa shape index (κ2) is 5.45. The van der Waals surface area contributed by atoms with E-state index in [0.717, 1.165) is 0 Å². The second-order valence-corrected chi connectivity index (χ2v) is 7.44. The average molecular weight is 288 g/mol. The van der Waals surface area contributed by atoms with Crippen molar-refractivity contribution in [2.45, 2.75) is 66.7 Å². The van der Waals surface area contributed by atoms with Crippen LogP contribution in [-0.4, -0.2) is 22.9 Å². The predicted molar refractivity (Wildman–Crippen MR) is 87.0 cm³/mol. The minimum Gasteiger partial charge on any atom is -0.318 e. The van der Waals surface area contributed by atoms with E-state index in [-0.39, 0.29) is 29.6 Å². The van der Waals surface area contributed by atoms with E-state index >= 15 is 0 Å². The second-order valence-electron chi connectivity index (χ2n) is 7.44. The zero-order valence-corrected chi connectivity index (χ0v) is 14.3. The van der Waals surface area contributed by atoms with Crippen molar-refractivity contribution in [2.75, 3.05) is 0 Å². The Morgan fingerprint density at radius 1 is 1.24 bits per heavy atom. The van der Waals surface area contributed by atoms with Crippen LogP contribution in [0.2, 0.25) is 0 Å². The van der Waals surface area contributed by atoms with Gasteiger partial charge in [0.15, 0.2) is 0 Å². The van der Waals surface area contributed by atoms with Gasteiger partial charge in [0.05, 0.1) is 6.04 Å². The molecule has 0 bridgehead atoms. The van der Waals surface area contributed by atoms with Crippen molar-refractivity contribution in [1.29, 1.82) is 0 Å². The van der Waals surface area contributed by atoms with Crippen LogP contribution in [0.1, 0.15) is 57.5 Å². The maximum atomic E-state index is 12.6. The zero-order chi connectivity index (χ0) is 15.9. The maximum absolute atomic E-state index is 12.6. The molecule has 21 heavy (non-hydrogen) atoms. The van der Waals surface area contributed by atoms with E-state index in [4.69, 9.17) is 0 Å². The molecule has 1 aromatic carbocycles. The lowest BCUT2D eigenvalue weighted by Gasteiger charge is -2.39. The summed E-state index contributed by atoms with van der Waals surface area (Å²) in [5.41, 5.74) is 3.72. The van der Waals surface area contributed by atoms with Gasteiger partial charge in [-0.2, -0.15) is 0 Å². The Bertz CT molecular complexity index is 545. The van der Waals surface area contributed by atoms with Gasteiger partial charge in [0.2, 0.25) is 5.91 Å². The van der Waals surface area contributed by atoms with E-state index in [1.807, 2.05) is 11.8 Å². The van der Waals surface area contributed by atoms with Gasteiger partial charge in [-0.3, -0.25) is 10.1 Å². The molecule has 0 aliphatic carbocycles.